The largest absolute Gasteiger partial charge is 0.371 e. The minimum Gasteiger partial charge on any atom is -0.371 e. The zero-order chi connectivity index (χ0) is 10.3. The van der Waals surface area contributed by atoms with Crippen LogP contribution in [0.5, 0.6) is 0 Å². The Bertz CT molecular complexity index is 370. The van der Waals surface area contributed by atoms with Crippen LogP contribution in [0.2, 0.25) is 0 Å². The predicted octanol–water partition coefficient (Wildman–Crippen LogP) is 3.02. The molecule has 1 unspecified atom stereocenters. The van der Waals surface area contributed by atoms with Crippen molar-refractivity contribution in [2.24, 2.45) is 5.92 Å². The SMILES string of the molecule is CC1CCc2cccc3c2N(CCC3)C1. The molecule has 2 aliphatic heterocycles. The molecule has 0 bridgehead atoms. The first-order chi connectivity index (χ1) is 7.34. The second-order valence-electron chi connectivity index (χ2n) is 5.12. The van der Waals surface area contributed by atoms with Gasteiger partial charge in [0.15, 0.2) is 0 Å². The molecule has 2 aliphatic rings. The van der Waals surface area contributed by atoms with E-state index >= 15 is 0 Å². The third-order valence-electron chi connectivity index (χ3n) is 3.83. The molecule has 15 heavy (non-hydrogen) atoms. The Morgan fingerprint density at radius 3 is 2.87 bits per heavy atom. The maximum atomic E-state index is 2.63. The van der Waals surface area contributed by atoms with Crippen molar-refractivity contribution in [3.63, 3.8) is 0 Å². The Kier molecular flexibility index (Phi) is 2.19. The monoisotopic (exact) mass is 201 g/mol. The van der Waals surface area contributed by atoms with Gasteiger partial charge in [0, 0.05) is 18.8 Å². The Balaban J connectivity index is 2.09. The fourth-order valence-corrected chi connectivity index (χ4v) is 3.08. The minimum atomic E-state index is 0.850. The van der Waals surface area contributed by atoms with Gasteiger partial charge in [0.2, 0.25) is 0 Å². The lowest BCUT2D eigenvalue weighted by Crippen LogP contribution is -2.32. The lowest BCUT2D eigenvalue weighted by Gasteiger charge is -2.32. The molecular weight excluding hydrogens is 182 g/mol. The van der Waals surface area contributed by atoms with Gasteiger partial charge in [-0.25, -0.2) is 0 Å². The quantitative estimate of drug-likeness (QED) is 0.623. The van der Waals surface area contributed by atoms with Crippen molar-refractivity contribution in [3.05, 3.63) is 29.3 Å². The summed E-state index contributed by atoms with van der Waals surface area (Å²) in [5.74, 6) is 0.850. The molecule has 0 fully saturated rings. The molecule has 0 radical (unpaired) electrons. The van der Waals surface area contributed by atoms with E-state index < -0.39 is 0 Å². The molecule has 3 rings (SSSR count). The number of hydrogen-bond donors (Lipinski definition) is 0. The minimum absolute atomic E-state index is 0.850. The summed E-state index contributed by atoms with van der Waals surface area (Å²) in [7, 11) is 0. The maximum Gasteiger partial charge on any atom is 0.0431 e. The van der Waals surface area contributed by atoms with Gasteiger partial charge >= 0.3 is 0 Å². The molecule has 1 aromatic rings. The van der Waals surface area contributed by atoms with Crippen LogP contribution in [-0.2, 0) is 12.8 Å². The summed E-state index contributed by atoms with van der Waals surface area (Å²) in [5, 5.41) is 0. The summed E-state index contributed by atoms with van der Waals surface area (Å²) in [5.41, 5.74) is 4.78. The fraction of sp³-hybridized carbons (Fsp3) is 0.571. The number of rotatable bonds is 0. The third-order valence-corrected chi connectivity index (χ3v) is 3.83. The number of para-hydroxylation sites is 1. The van der Waals surface area contributed by atoms with Gasteiger partial charge in [-0.3, -0.25) is 0 Å². The van der Waals surface area contributed by atoms with E-state index in [9.17, 15) is 0 Å². The van der Waals surface area contributed by atoms with Crippen LogP contribution < -0.4 is 4.90 Å². The van der Waals surface area contributed by atoms with Gasteiger partial charge < -0.3 is 4.90 Å². The van der Waals surface area contributed by atoms with Gasteiger partial charge in [0.1, 0.15) is 0 Å². The summed E-state index contributed by atoms with van der Waals surface area (Å²) in [4.78, 5) is 2.63. The highest BCUT2D eigenvalue weighted by molar-refractivity contribution is 5.62. The van der Waals surface area contributed by atoms with Crippen molar-refractivity contribution in [1.82, 2.24) is 0 Å². The Morgan fingerprint density at radius 2 is 2.00 bits per heavy atom. The van der Waals surface area contributed by atoms with Crippen LogP contribution in [0.1, 0.15) is 30.9 Å². The zero-order valence-corrected chi connectivity index (χ0v) is 9.50. The molecule has 0 N–H and O–H groups in total. The molecule has 1 heteroatoms. The van der Waals surface area contributed by atoms with Crippen LogP contribution in [0.4, 0.5) is 5.69 Å². The van der Waals surface area contributed by atoms with E-state index in [1.54, 1.807) is 16.8 Å². The smallest absolute Gasteiger partial charge is 0.0431 e. The molecule has 0 saturated heterocycles. The highest BCUT2D eigenvalue weighted by atomic mass is 15.1. The zero-order valence-electron chi connectivity index (χ0n) is 9.50. The lowest BCUT2D eigenvalue weighted by molar-refractivity contribution is 0.526. The van der Waals surface area contributed by atoms with Gasteiger partial charge in [-0.2, -0.15) is 0 Å². The molecule has 80 valence electrons. The van der Waals surface area contributed by atoms with E-state index in [0.29, 0.717) is 0 Å². The average Bonchev–Trinajstić information content (AvgIpc) is 2.41. The van der Waals surface area contributed by atoms with Crippen molar-refractivity contribution in [2.75, 3.05) is 18.0 Å². The molecule has 0 spiro atoms. The van der Waals surface area contributed by atoms with Crippen molar-refractivity contribution in [1.29, 1.82) is 0 Å². The molecule has 0 saturated carbocycles. The third kappa shape index (κ3) is 1.54. The summed E-state index contributed by atoms with van der Waals surface area (Å²) in [6.07, 6.45) is 5.25. The van der Waals surface area contributed by atoms with E-state index in [2.05, 4.69) is 30.0 Å². The summed E-state index contributed by atoms with van der Waals surface area (Å²) in [6.45, 7) is 4.93. The van der Waals surface area contributed by atoms with E-state index in [0.717, 1.165) is 5.92 Å². The van der Waals surface area contributed by atoms with Gasteiger partial charge in [0.25, 0.3) is 0 Å². The van der Waals surface area contributed by atoms with E-state index in [1.807, 2.05) is 0 Å². The average molecular weight is 201 g/mol. The number of aryl methyl sites for hydroxylation is 2. The highest BCUT2D eigenvalue weighted by Gasteiger charge is 2.24. The number of nitrogens with zero attached hydrogens (tertiary/aromatic N) is 1. The number of anilines is 1. The van der Waals surface area contributed by atoms with Gasteiger partial charge in [-0.05, 0) is 42.7 Å². The first-order valence-electron chi connectivity index (χ1n) is 6.20. The highest BCUT2D eigenvalue weighted by Crippen LogP contribution is 2.35. The van der Waals surface area contributed by atoms with Crippen molar-refractivity contribution >= 4 is 5.69 Å². The lowest BCUT2D eigenvalue weighted by atomic mass is 9.97. The van der Waals surface area contributed by atoms with Gasteiger partial charge in [0.05, 0.1) is 0 Å². The van der Waals surface area contributed by atoms with Gasteiger partial charge in [-0.1, -0.05) is 25.1 Å². The Morgan fingerprint density at radius 1 is 1.20 bits per heavy atom. The molecule has 0 amide bonds. The Hall–Kier alpha value is -0.980. The molecule has 1 nitrogen and oxygen atoms in total. The normalized spacial score (nSPS) is 24.6. The Labute approximate surface area is 92.1 Å². The number of hydrogen-bond acceptors (Lipinski definition) is 1. The van der Waals surface area contributed by atoms with Crippen molar-refractivity contribution in [2.45, 2.75) is 32.6 Å². The first kappa shape index (κ1) is 9.26. The number of benzene rings is 1. The van der Waals surface area contributed by atoms with E-state index in [4.69, 9.17) is 0 Å². The second kappa shape index (κ2) is 3.55. The first-order valence-corrected chi connectivity index (χ1v) is 6.20. The molecule has 1 aromatic carbocycles. The molecular formula is C14H19N. The van der Waals surface area contributed by atoms with Crippen LogP contribution in [0.15, 0.2) is 18.2 Å². The predicted molar refractivity (Wildman–Crippen MR) is 64.5 cm³/mol. The van der Waals surface area contributed by atoms with E-state index in [1.165, 1.54) is 38.8 Å². The van der Waals surface area contributed by atoms with Crippen molar-refractivity contribution < 1.29 is 0 Å². The van der Waals surface area contributed by atoms with E-state index in [-0.39, 0.29) is 0 Å². The summed E-state index contributed by atoms with van der Waals surface area (Å²) < 4.78 is 0. The van der Waals surface area contributed by atoms with Crippen LogP contribution >= 0.6 is 0 Å². The maximum absolute atomic E-state index is 2.63. The molecule has 0 aliphatic carbocycles. The van der Waals surface area contributed by atoms with Crippen LogP contribution in [0, 0.1) is 5.92 Å². The standard InChI is InChI=1S/C14H19N/c1-11-7-8-13-5-2-4-12-6-3-9-15(10-11)14(12)13/h2,4-5,11H,3,6-10H2,1H3. The van der Waals surface area contributed by atoms with Crippen LogP contribution in [-0.4, -0.2) is 13.1 Å². The summed E-state index contributed by atoms with van der Waals surface area (Å²) in [6, 6.07) is 6.89. The fourth-order valence-electron chi connectivity index (χ4n) is 3.08. The van der Waals surface area contributed by atoms with Crippen LogP contribution in [0.3, 0.4) is 0 Å². The molecule has 1 atom stereocenters. The second-order valence-corrected chi connectivity index (χ2v) is 5.12. The van der Waals surface area contributed by atoms with Crippen molar-refractivity contribution in [3.8, 4) is 0 Å². The molecule has 0 aromatic heterocycles. The summed E-state index contributed by atoms with van der Waals surface area (Å²) >= 11 is 0. The molecule has 2 heterocycles. The van der Waals surface area contributed by atoms with Crippen LogP contribution in [0.25, 0.3) is 0 Å². The topological polar surface area (TPSA) is 3.24 Å². The van der Waals surface area contributed by atoms with Gasteiger partial charge in [-0.15, -0.1) is 0 Å².